The highest BCUT2D eigenvalue weighted by atomic mass is 79.9. The maximum absolute atomic E-state index is 11.8. The Bertz CT molecular complexity index is 743. The topological polar surface area (TPSA) is 70.6 Å². The molecule has 2 rings (SSSR count). The predicted octanol–water partition coefficient (Wildman–Crippen LogP) is 3.50. The lowest BCUT2D eigenvalue weighted by Crippen LogP contribution is -2.26. The zero-order valence-electron chi connectivity index (χ0n) is 14.0. The van der Waals surface area contributed by atoms with E-state index in [4.69, 9.17) is 0 Å². The third-order valence-corrected chi connectivity index (χ3v) is 4.04. The Hall–Kier alpha value is -2.47. The molecule has 0 saturated carbocycles. The third kappa shape index (κ3) is 6.51. The van der Waals surface area contributed by atoms with Gasteiger partial charge in [-0.15, -0.1) is 0 Å². The summed E-state index contributed by atoms with van der Waals surface area (Å²) >= 11 is 3.38. The molecule has 0 spiro atoms. The first-order valence-corrected chi connectivity index (χ1v) is 8.78. The van der Waals surface area contributed by atoms with Gasteiger partial charge in [0.25, 0.3) is 5.91 Å². The lowest BCUT2D eigenvalue weighted by Gasteiger charge is -2.05. The second-order valence-electron chi connectivity index (χ2n) is 5.46. The highest BCUT2D eigenvalue weighted by Gasteiger charge is 2.05. The maximum Gasteiger partial charge on any atom is 0.251 e. The number of hydrogen-bond acceptors (Lipinski definition) is 3. The van der Waals surface area contributed by atoms with E-state index in [1.807, 2.05) is 49.4 Å². The van der Waals surface area contributed by atoms with E-state index in [1.165, 1.54) is 0 Å². The standard InChI is InChI=1S/C19H20BrN3O2/c1-14(15-9-11-17(20)12-10-15)22-23-18(24)8-5-13-21-19(25)16-6-3-2-4-7-16/h2-4,6-7,9-12H,5,8,13H2,1H3,(H,21,25)(H,23,24)/b22-14+. The minimum Gasteiger partial charge on any atom is -0.352 e. The Labute approximate surface area is 155 Å². The van der Waals surface area contributed by atoms with Crippen LogP contribution in [0.3, 0.4) is 0 Å². The number of rotatable bonds is 7. The quantitative estimate of drug-likeness (QED) is 0.423. The van der Waals surface area contributed by atoms with Crippen molar-refractivity contribution in [2.24, 2.45) is 5.10 Å². The molecule has 2 N–H and O–H groups in total. The lowest BCUT2D eigenvalue weighted by atomic mass is 10.1. The van der Waals surface area contributed by atoms with Crippen LogP contribution in [0, 0.1) is 0 Å². The Morgan fingerprint density at radius 3 is 2.36 bits per heavy atom. The molecular weight excluding hydrogens is 382 g/mol. The summed E-state index contributed by atoms with van der Waals surface area (Å²) in [6.07, 6.45) is 0.851. The van der Waals surface area contributed by atoms with Crippen molar-refractivity contribution in [1.29, 1.82) is 0 Å². The van der Waals surface area contributed by atoms with E-state index < -0.39 is 0 Å². The van der Waals surface area contributed by atoms with Crippen molar-refractivity contribution >= 4 is 33.5 Å². The molecule has 25 heavy (non-hydrogen) atoms. The molecule has 6 heteroatoms. The summed E-state index contributed by atoms with van der Waals surface area (Å²) in [6.45, 7) is 2.28. The largest absolute Gasteiger partial charge is 0.352 e. The van der Waals surface area contributed by atoms with Gasteiger partial charge in [0.1, 0.15) is 0 Å². The van der Waals surface area contributed by atoms with Gasteiger partial charge in [0.15, 0.2) is 0 Å². The molecule has 130 valence electrons. The van der Waals surface area contributed by atoms with Gasteiger partial charge in [0.05, 0.1) is 5.71 Å². The number of hydrazone groups is 1. The second kappa shape index (κ2) is 9.74. The van der Waals surface area contributed by atoms with Gasteiger partial charge < -0.3 is 5.32 Å². The summed E-state index contributed by atoms with van der Waals surface area (Å²) in [5.41, 5.74) is 4.83. The Kier molecular flexibility index (Phi) is 7.35. The molecule has 0 aliphatic rings. The fourth-order valence-electron chi connectivity index (χ4n) is 2.10. The van der Waals surface area contributed by atoms with Crippen LogP contribution in [-0.2, 0) is 4.79 Å². The molecule has 5 nitrogen and oxygen atoms in total. The molecule has 2 aromatic carbocycles. The maximum atomic E-state index is 11.8. The van der Waals surface area contributed by atoms with Gasteiger partial charge in [-0.25, -0.2) is 5.43 Å². The Morgan fingerprint density at radius 2 is 1.68 bits per heavy atom. The summed E-state index contributed by atoms with van der Waals surface area (Å²) < 4.78 is 0.991. The van der Waals surface area contributed by atoms with Gasteiger partial charge >= 0.3 is 0 Å². The Balaban J connectivity index is 1.69. The molecule has 2 aromatic rings. The highest BCUT2D eigenvalue weighted by Crippen LogP contribution is 2.11. The van der Waals surface area contributed by atoms with Crippen molar-refractivity contribution in [2.45, 2.75) is 19.8 Å². The van der Waals surface area contributed by atoms with Crippen LogP contribution in [0.5, 0.6) is 0 Å². The van der Waals surface area contributed by atoms with Gasteiger partial charge in [0, 0.05) is 23.0 Å². The number of halogens is 1. The molecule has 0 aliphatic carbocycles. The molecule has 0 radical (unpaired) electrons. The van der Waals surface area contributed by atoms with E-state index in [0.29, 0.717) is 24.9 Å². The predicted molar refractivity (Wildman–Crippen MR) is 103 cm³/mol. The van der Waals surface area contributed by atoms with E-state index in [1.54, 1.807) is 12.1 Å². The van der Waals surface area contributed by atoms with Gasteiger partial charge in [0.2, 0.25) is 5.91 Å². The molecule has 0 heterocycles. The normalized spacial score (nSPS) is 11.0. The molecular formula is C19H20BrN3O2. The molecule has 0 aromatic heterocycles. The molecule has 0 atom stereocenters. The number of carbonyl (C=O) groups is 2. The first kappa shape index (κ1) is 18.9. The average Bonchev–Trinajstić information content (AvgIpc) is 2.64. The third-order valence-electron chi connectivity index (χ3n) is 3.51. The molecule has 2 amide bonds. The summed E-state index contributed by atoms with van der Waals surface area (Å²) in [6, 6.07) is 16.7. The average molecular weight is 402 g/mol. The minimum absolute atomic E-state index is 0.134. The number of nitrogens with one attached hydrogen (secondary N) is 2. The van der Waals surface area contributed by atoms with E-state index in [2.05, 4.69) is 31.8 Å². The van der Waals surface area contributed by atoms with Crippen molar-refractivity contribution < 1.29 is 9.59 Å². The van der Waals surface area contributed by atoms with Crippen molar-refractivity contribution in [3.8, 4) is 0 Å². The van der Waals surface area contributed by atoms with Crippen molar-refractivity contribution in [3.05, 3.63) is 70.2 Å². The zero-order chi connectivity index (χ0) is 18.1. The van der Waals surface area contributed by atoms with E-state index in [-0.39, 0.29) is 11.8 Å². The molecule has 0 bridgehead atoms. The van der Waals surface area contributed by atoms with Crippen LogP contribution < -0.4 is 10.7 Å². The summed E-state index contributed by atoms with van der Waals surface area (Å²) in [5, 5.41) is 6.89. The number of amides is 2. The van der Waals surface area contributed by atoms with Crippen LogP contribution in [0.25, 0.3) is 0 Å². The van der Waals surface area contributed by atoms with Gasteiger partial charge in [-0.3, -0.25) is 9.59 Å². The zero-order valence-corrected chi connectivity index (χ0v) is 15.5. The number of carbonyl (C=O) groups excluding carboxylic acids is 2. The van der Waals surface area contributed by atoms with E-state index >= 15 is 0 Å². The SMILES string of the molecule is C/C(=N\NC(=O)CCCNC(=O)c1ccccc1)c1ccc(Br)cc1. The lowest BCUT2D eigenvalue weighted by molar-refractivity contribution is -0.121. The van der Waals surface area contributed by atoms with Gasteiger partial charge in [-0.1, -0.05) is 46.3 Å². The van der Waals surface area contributed by atoms with Gasteiger partial charge in [-0.2, -0.15) is 5.10 Å². The van der Waals surface area contributed by atoms with E-state index in [9.17, 15) is 9.59 Å². The molecule has 0 aliphatic heterocycles. The number of hydrogen-bond donors (Lipinski definition) is 2. The molecule has 0 unspecified atom stereocenters. The van der Waals surface area contributed by atoms with Gasteiger partial charge in [-0.05, 0) is 43.2 Å². The van der Waals surface area contributed by atoms with Crippen LogP contribution in [0.4, 0.5) is 0 Å². The van der Waals surface area contributed by atoms with Crippen LogP contribution in [0.1, 0.15) is 35.7 Å². The first-order valence-electron chi connectivity index (χ1n) is 7.98. The van der Waals surface area contributed by atoms with Crippen LogP contribution in [0.15, 0.2) is 64.2 Å². The fourth-order valence-corrected chi connectivity index (χ4v) is 2.36. The Morgan fingerprint density at radius 1 is 1.00 bits per heavy atom. The molecule has 0 fully saturated rings. The van der Waals surface area contributed by atoms with Crippen LogP contribution in [-0.4, -0.2) is 24.1 Å². The van der Waals surface area contributed by atoms with Crippen LogP contribution >= 0.6 is 15.9 Å². The van der Waals surface area contributed by atoms with E-state index in [0.717, 1.165) is 15.7 Å². The smallest absolute Gasteiger partial charge is 0.251 e. The van der Waals surface area contributed by atoms with Crippen molar-refractivity contribution in [1.82, 2.24) is 10.7 Å². The van der Waals surface area contributed by atoms with Crippen molar-refractivity contribution in [2.75, 3.05) is 6.54 Å². The second-order valence-corrected chi connectivity index (χ2v) is 6.38. The monoisotopic (exact) mass is 401 g/mol. The number of benzene rings is 2. The van der Waals surface area contributed by atoms with Crippen molar-refractivity contribution in [3.63, 3.8) is 0 Å². The molecule has 0 saturated heterocycles. The number of nitrogens with zero attached hydrogens (tertiary/aromatic N) is 1. The summed E-state index contributed by atoms with van der Waals surface area (Å²) in [4.78, 5) is 23.7. The minimum atomic E-state index is -0.176. The highest BCUT2D eigenvalue weighted by molar-refractivity contribution is 9.10. The summed E-state index contributed by atoms with van der Waals surface area (Å²) in [7, 11) is 0. The fraction of sp³-hybridized carbons (Fsp3) is 0.211. The first-order chi connectivity index (χ1) is 12.1. The van der Waals surface area contributed by atoms with Crippen LogP contribution in [0.2, 0.25) is 0 Å². The summed E-state index contributed by atoms with van der Waals surface area (Å²) in [5.74, 6) is -0.310.